The molecule has 0 unspecified atom stereocenters. The number of anilines is 1. The minimum Gasteiger partial charge on any atom is -0.493 e. The lowest BCUT2D eigenvalue weighted by Crippen LogP contribution is -2.54. The van der Waals surface area contributed by atoms with E-state index in [4.69, 9.17) is 28.4 Å². The first kappa shape index (κ1) is 38.6. The van der Waals surface area contributed by atoms with Gasteiger partial charge in [0.05, 0.1) is 45.7 Å². The van der Waals surface area contributed by atoms with E-state index in [2.05, 4.69) is 43.1 Å². The van der Waals surface area contributed by atoms with E-state index in [1.54, 1.807) is 32.4 Å². The number of fused-ring (bicyclic) bond motifs is 2. The predicted octanol–water partition coefficient (Wildman–Crippen LogP) is 9.69. The number of alkyl halides is 3. The lowest BCUT2D eigenvalue weighted by atomic mass is 9.82. The highest BCUT2D eigenvalue weighted by Crippen LogP contribution is 2.55. The Morgan fingerprint density at radius 1 is 0.746 bits per heavy atom. The molecule has 0 aliphatic carbocycles. The molecule has 0 fully saturated rings. The number of hydrogen-bond acceptors (Lipinski definition) is 9. The molecule has 10 nitrogen and oxygen atoms in total. The molecule has 5 aromatic rings. The molecule has 59 heavy (non-hydrogen) atoms. The van der Waals surface area contributed by atoms with Crippen molar-refractivity contribution in [2.75, 3.05) is 53.6 Å². The molecule has 0 saturated carbocycles. The predicted molar refractivity (Wildman–Crippen MR) is 215 cm³/mol. The third-order valence-corrected chi connectivity index (χ3v) is 12.2. The highest BCUT2D eigenvalue weighted by atomic mass is 19.4. The van der Waals surface area contributed by atoms with Gasteiger partial charge in [-0.3, -0.25) is 9.69 Å². The fraction of sp³-hybridized carbons (Fsp3) is 0.326. The van der Waals surface area contributed by atoms with Crippen LogP contribution in [-0.4, -0.2) is 64.4 Å². The Balaban J connectivity index is 1.30. The third kappa shape index (κ3) is 6.47. The van der Waals surface area contributed by atoms with E-state index >= 15 is 0 Å². The van der Waals surface area contributed by atoms with Crippen LogP contribution in [0.3, 0.4) is 0 Å². The van der Waals surface area contributed by atoms with Gasteiger partial charge in [-0.1, -0.05) is 19.1 Å². The Morgan fingerprint density at radius 2 is 1.41 bits per heavy atom. The minimum absolute atomic E-state index is 0.00702. The van der Waals surface area contributed by atoms with Crippen molar-refractivity contribution in [1.82, 2.24) is 9.91 Å². The number of hydrazine groups is 1. The number of carbonyl (C=O) groups excluding carboxylic acids is 1. The smallest absolute Gasteiger partial charge is 0.416 e. The molecule has 0 aromatic heterocycles. The number of likely N-dealkylation sites (N-methyl/N-ethyl adjacent to an activating group) is 1. The van der Waals surface area contributed by atoms with Gasteiger partial charge in [-0.15, -0.1) is 0 Å². The van der Waals surface area contributed by atoms with E-state index in [0.717, 1.165) is 52.9 Å². The Morgan fingerprint density at radius 3 is 2.08 bits per heavy atom. The molecule has 5 aromatic carbocycles. The van der Waals surface area contributed by atoms with Crippen LogP contribution in [0.2, 0.25) is 0 Å². The molecule has 5 aliphatic heterocycles. The van der Waals surface area contributed by atoms with Crippen LogP contribution in [0.4, 0.5) is 18.9 Å². The monoisotopic (exact) mass is 807 g/mol. The number of nitrogens with zero attached hydrogens (tertiary/aromatic N) is 3. The topological polar surface area (TPSA) is 82.2 Å². The van der Waals surface area contributed by atoms with Gasteiger partial charge in [-0.2, -0.15) is 13.2 Å². The van der Waals surface area contributed by atoms with Crippen molar-refractivity contribution < 1.29 is 46.4 Å². The molecule has 13 heteroatoms. The summed E-state index contributed by atoms with van der Waals surface area (Å²) in [6.07, 6.45) is -2.85. The van der Waals surface area contributed by atoms with Crippen LogP contribution in [0.1, 0.15) is 74.2 Å². The van der Waals surface area contributed by atoms with E-state index in [0.29, 0.717) is 71.1 Å². The Kier molecular flexibility index (Phi) is 9.63. The van der Waals surface area contributed by atoms with Crippen molar-refractivity contribution in [2.24, 2.45) is 0 Å². The largest absolute Gasteiger partial charge is 0.493 e. The van der Waals surface area contributed by atoms with Gasteiger partial charge in [0.25, 0.3) is 5.91 Å². The zero-order valence-electron chi connectivity index (χ0n) is 33.6. The number of carbonyl (C=O) groups is 1. The maximum atomic E-state index is 14.8. The highest BCUT2D eigenvalue weighted by Gasteiger charge is 2.44. The Labute approximate surface area is 340 Å². The Bertz CT molecular complexity index is 2460. The molecule has 10 rings (SSSR count). The average molecular weight is 808 g/mol. The number of hydrogen-bond donors (Lipinski definition) is 0. The van der Waals surface area contributed by atoms with Crippen molar-refractivity contribution in [1.29, 1.82) is 0 Å². The zero-order chi connectivity index (χ0) is 41.3. The standard InChI is InChI=1S/C46H44F3N3O7/c1-25-26-9-13-32(14-10-26)58-38-22-30-19-35-41-29(16-18-51(35)52(34(30)24-37(38)55-4)45(53)27-7-11-31(12-8-27)46(47,48)49)21-40(56-5)43(57-6)44(41)59-39-23-33-28(20-36(39)54-3)15-17-50(2)42(25)33/h7-14,20-25,35,42H,15-19H2,1-6H3/t25-,35-,42-/m0/s1. The normalized spacial score (nSPS) is 19.6. The molecule has 0 radical (unpaired) electrons. The number of methoxy groups -OCH3 is 4. The van der Waals surface area contributed by atoms with Gasteiger partial charge in [0, 0.05) is 42.2 Å². The summed E-state index contributed by atoms with van der Waals surface area (Å²) in [6, 6.07) is 21.6. The maximum Gasteiger partial charge on any atom is 0.416 e. The molecule has 0 spiro atoms. The summed E-state index contributed by atoms with van der Waals surface area (Å²) >= 11 is 0. The molecule has 3 atom stereocenters. The molecule has 0 saturated heterocycles. The summed E-state index contributed by atoms with van der Waals surface area (Å²) in [6.45, 7) is 3.48. The summed E-state index contributed by atoms with van der Waals surface area (Å²) in [7, 11) is 8.44. The third-order valence-electron chi connectivity index (χ3n) is 12.2. The van der Waals surface area contributed by atoms with E-state index in [-0.39, 0.29) is 17.5 Å². The molecule has 0 N–H and O–H groups in total. The van der Waals surface area contributed by atoms with Gasteiger partial charge in [-0.05, 0) is 115 Å². The van der Waals surface area contributed by atoms with Crippen molar-refractivity contribution in [3.8, 4) is 46.0 Å². The molecule has 306 valence electrons. The number of amides is 1. The van der Waals surface area contributed by atoms with Gasteiger partial charge in [-0.25, -0.2) is 10.0 Å². The first-order chi connectivity index (χ1) is 28.4. The molecule has 1 amide bonds. The number of halogens is 3. The Hall–Kier alpha value is -5.92. The summed E-state index contributed by atoms with van der Waals surface area (Å²) in [4.78, 5) is 17.2. The van der Waals surface area contributed by atoms with Crippen LogP contribution in [0.15, 0.2) is 78.9 Å². The van der Waals surface area contributed by atoms with Gasteiger partial charge in [0.2, 0.25) is 5.75 Å². The molecular weight excluding hydrogens is 764 g/mol. The van der Waals surface area contributed by atoms with Gasteiger partial charge >= 0.3 is 6.18 Å². The molecule has 5 aliphatic rings. The van der Waals surface area contributed by atoms with Crippen LogP contribution < -0.4 is 33.4 Å². The van der Waals surface area contributed by atoms with E-state index in [1.165, 1.54) is 24.8 Å². The summed E-state index contributed by atoms with van der Waals surface area (Å²) in [5.74, 6) is 3.34. The van der Waals surface area contributed by atoms with Crippen LogP contribution in [0.5, 0.6) is 46.0 Å². The van der Waals surface area contributed by atoms with Crippen LogP contribution in [0, 0.1) is 0 Å². The SMILES string of the molecule is COc1cc2c3cc1Oc1ccc(cc1)[C@H](C)[C@H]1c4cc(c(OC)cc4CCN1C)Oc1c(OC)c(OC)cc4c1[C@H](C3)N(CC4)N2C(=O)c1ccc(C(F)(F)F)cc1. The first-order valence-electron chi connectivity index (χ1n) is 19.6. The van der Waals surface area contributed by atoms with E-state index < -0.39 is 23.7 Å². The van der Waals surface area contributed by atoms with Crippen molar-refractivity contribution in [2.45, 2.75) is 50.4 Å². The van der Waals surface area contributed by atoms with E-state index in [1.807, 2.05) is 29.3 Å². The van der Waals surface area contributed by atoms with Crippen molar-refractivity contribution >= 4 is 11.6 Å². The molecular formula is C46H44F3N3O7. The lowest BCUT2D eigenvalue weighted by Gasteiger charge is -2.48. The average Bonchev–Trinajstić information content (AvgIpc) is 3.24. The van der Waals surface area contributed by atoms with Gasteiger partial charge in [0.15, 0.2) is 34.5 Å². The fourth-order valence-electron chi connectivity index (χ4n) is 9.31. The van der Waals surface area contributed by atoms with Crippen molar-refractivity contribution in [3.63, 3.8) is 0 Å². The van der Waals surface area contributed by atoms with Crippen LogP contribution in [-0.2, 0) is 25.4 Å². The second-order valence-electron chi connectivity index (χ2n) is 15.4. The lowest BCUT2D eigenvalue weighted by molar-refractivity contribution is -0.137. The number of ether oxygens (including phenoxy) is 6. The molecule has 7 bridgehead atoms. The fourth-order valence-corrected chi connectivity index (χ4v) is 9.31. The van der Waals surface area contributed by atoms with E-state index in [9.17, 15) is 18.0 Å². The van der Waals surface area contributed by atoms with Gasteiger partial charge in [0.1, 0.15) is 5.75 Å². The quantitative estimate of drug-likeness (QED) is 0.173. The van der Waals surface area contributed by atoms with Gasteiger partial charge < -0.3 is 28.4 Å². The minimum atomic E-state index is -4.56. The number of rotatable bonds is 5. The number of benzene rings is 5. The van der Waals surface area contributed by atoms with Crippen LogP contribution >= 0.6 is 0 Å². The summed E-state index contributed by atoms with van der Waals surface area (Å²) in [5.41, 5.74) is 5.65. The summed E-state index contributed by atoms with van der Waals surface area (Å²) in [5, 5.41) is 3.51. The second-order valence-corrected chi connectivity index (χ2v) is 15.4. The summed E-state index contributed by atoms with van der Waals surface area (Å²) < 4.78 is 78.5. The van der Waals surface area contributed by atoms with Crippen LogP contribution in [0.25, 0.3) is 0 Å². The first-order valence-corrected chi connectivity index (χ1v) is 19.6. The highest BCUT2D eigenvalue weighted by molar-refractivity contribution is 6.06. The maximum absolute atomic E-state index is 14.8. The molecule has 5 heterocycles. The zero-order valence-corrected chi connectivity index (χ0v) is 33.6. The second kappa shape index (κ2) is 14.7. The van der Waals surface area contributed by atoms with Crippen molar-refractivity contribution in [3.05, 3.63) is 123 Å².